The second-order valence-electron chi connectivity index (χ2n) is 3.74. The van der Waals surface area contributed by atoms with Crippen molar-refractivity contribution in [2.24, 2.45) is 5.73 Å². The molecule has 0 aliphatic rings. The van der Waals surface area contributed by atoms with Crippen molar-refractivity contribution >= 4 is 10.9 Å². The number of hydrogen-bond donors (Lipinski definition) is 3. The molecule has 0 bridgehead atoms. The number of benzene rings is 1. The van der Waals surface area contributed by atoms with Crippen molar-refractivity contribution in [2.45, 2.75) is 13.5 Å². The molecule has 2 aromatic rings. The number of nitrogens with two attached hydrogens (primary N) is 1. The van der Waals surface area contributed by atoms with Gasteiger partial charge in [0.05, 0.1) is 0 Å². The quantitative estimate of drug-likeness (QED) is 0.660. The summed E-state index contributed by atoms with van der Waals surface area (Å²) in [6.07, 6.45) is 0. The molecule has 0 saturated carbocycles. The molecule has 0 atom stereocenters. The highest BCUT2D eigenvalue weighted by Gasteiger charge is 2.05. The van der Waals surface area contributed by atoms with Gasteiger partial charge in [-0.3, -0.25) is 0 Å². The fourth-order valence-electron chi connectivity index (χ4n) is 1.83. The number of aromatic nitrogens is 1. The summed E-state index contributed by atoms with van der Waals surface area (Å²) in [5.41, 5.74) is 9.22. The molecule has 3 heteroatoms. The zero-order valence-corrected chi connectivity index (χ0v) is 9.01. The van der Waals surface area contributed by atoms with Crippen LogP contribution in [0.5, 0.6) is 0 Å². The second kappa shape index (κ2) is 4.47. The highest BCUT2D eigenvalue weighted by atomic mass is 14.9. The lowest BCUT2D eigenvalue weighted by Crippen LogP contribution is -2.22. The molecular weight excluding hydrogens is 186 g/mol. The number of hydrogen-bond acceptors (Lipinski definition) is 2. The summed E-state index contributed by atoms with van der Waals surface area (Å²) in [4.78, 5) is 3.42. The van der Waals surface area contributed by atoms with Crippen LogP contribution in [0.1, 0.15) is 11.3 Å². The number of fused-ring (bicyclic) bond motifs is 1. The first-order chi connectivity index (χ1) is 7.33. The van der Waals surface area contributed by atoms with Crippen molar-refractivity contribution < 1.29 is 0 Å². The van der Waals surface area contributed by atoms with Gasteiger partial charge >= 0.3 is 0 Å². The van der Waals surface area contributed by atoms with Crippen LogP contribution in [0.2, 0.25) is 0 Å². The van der Waals surface area contributed by atoms with Gasteiger partial charge in [-0.05, 0) is 18.6 Å². The van der Waals surface area contributed by atoms with Crippen molar-refractivity contribution in [2.75, 3.05) is 13.1 Å². The topological polar surface area (TPSA) is 53.8 Å². The van der Waals surface area contributed by atoms with Gasteiger partial charge in [0.15, 0.2) is 0 Å². The Hall–Kier alpha value is -1.32. The molecule has 1 aromatic carbocycles. The minimum atomic E-state index is 0.680. The highest BCUT2D eigenvalue weighted by Crippen LogP contribution is 2.20. The lowest BCUT2D eigenvalue weighted by Gasteiger charge is -2.01. The molecule has 0 aliphatic carbocycles. The predicted octanol–water partition coefficient (Wildman–Crippen LogP) is 1.52. The van der Waals surface area contributed by atoms with E-state index in [0.717, 1.165) is 13.1 Å². The van der Waals surface area contributed by atoms with Gasteiger partial charge in [-0.15, -0.1) is 0 Å². The average molecular weight is 203 g/mol. The van der Waals surface area contributed by atoms with E-state index in [1.165, 1.54) is 22.2 Å². The monoisotopic (exact) mass is 203 g/mol. The molecule has 2 rings (SSSR count). The number of rotatable bonds is 4. The number of H-pyrrole nitrogens is 1. The van der Waals surface area contributed by atoms with Crippen molar-refractivity contribution in [3.05, 3.63) is 35.5 Å². The molecule has 80 valence electrons. The minimum Gasteiger partial charge on any atom is -0.357 e. The van der Waals surface area contributed by atoms with Crippen LogP contribution in [0.3, 0.4) is 0 Å². The van der Waals surface area contributed by atoms with E-state index in [-0.39, 0.29) is 0 Å². The Labute approximate surface area is 89.7 Å². The van der Waals surface area contributed by atoms with Crippen LogP contribution in [0.4, 0.5) is 0 Å². The Bertz CT molecular complexity index is 445. The van der Waals surface area contributed by atoms with Gasteiger partial charge in [-0.2, -0.15) is 0 Å². The number of aryl methyl sites for hydroxylation is 1. The molecule has 0 fully saturated rings. The Morgan fingerprint density at radius 1 is 1.33 bits per heavy atom. The summed E-state index contributed by atoms with van der Waals surface area (Å²) >= 11 is 0. The molecule has 4 N–H and O–H groups in total. The zero-order valence-electron chi connectivity index (χ0n) is 9.01. The normalized spacial score (nSPS) is 11.1. The Balaban J connectivity index is 2.24. The van der Waals surface area contributed by atoms with Gasteiger partial charge in [-0.25, -0.2) is 0 Å². The third-order valence-corrected chi connectivity index (χ3v) is 2.69. The van der Waals surface area contributed by atoms with Crippen LogP contribution < -0.4 is 11.1 Å². The fraction of sp³-hybridized carbons (Fsp3) is 0.333. The zero-order chi connectivity index (χ0) is 10.7. The minimum absolute atomic E-state index is 0.680. The van der Waals surface area contributed by atoms with Crippen molar-refractivity contribution in [1.82, 2.24) is 10.3 Å². The summed E-state index contributed by atoms with van der Waals surface area (Å²) in [6, 6.07) is 8.37. The number of para-hydroxylation sites is 1. The molecule has 0 unspecified atom stereocenters. The van der Waals surface area contributed by atoms with Gasteiger partial charge in [0.25, 0.3) is 0 Å². The Kier molecular flexibility index (Phi) is 3.04. The van der Waals surface area contributed by atoms with Gasteiger partial charge < -0.3 is 16.0 Å². The molecule has 0 radical (unpaired) electrons. The molecule has 3 nitrogen and oxygen atoms in total. The molecular formula is C12H17N3. The van der Waals surface area contributed by atoms with Gasteiger partial charge in [0.2, 0.25) is 0 Å². The third kappa shape index (κ3) is 2.03. The lowest BCUT2D eigenvalue weighted by molar-refractivity contribution is 0.683. The molecule has 1 heterocycles. The van der Waals surface area contributed by atoms with Crippen molar-refractivity contribution in [3.63, 3.8) is 0 Å². The second-order valence-corrected chi connectivity index (χ2v) is 3.74. The number of aromatic amines is 1. The van der Waals surface area contributed by atoms with Crippen molar-refractivity contribution in [1.29, 1.82) is 0 Å². The molecule has 0 saturated heterocycles. The maximum absolute atomic E-state index is 5.43. The average Bonchev–Trinajstić information content (AvgIpc) is 2.57. The van der Waals surface area contributed by atoms with Crippen LogP contribution in [0.15, 0.2) is 24.3 Å². The molecule has 0 spiro atoms. The third-order valence-electron chi connectivity index (χ3n) is 2.69. The van der Waals surface area contributed by atoms with E-state index in [0.29, 0.717) is 6.54 Å². The van der Waals surface area contributed by atoms with Crippen LogP contribution in [-0.2, 0) is 6.54 Å². The van der Waals surface area contributed by atoms with Crippen LogP contribution in [0, 0.1) is 6.92 Å². The van der Waals surface area contributed by atoms with E-state index in [4.69, 9.17) is 5.73 Å². The number of nitrogens with one attached hydrogen (secondary N) is 2. The smallest absolute Gasteiger partial charge is 0.0459 e. The molecule has 15 heavy (non-hydrogen) atoms. The Morgan fingerprint density at radius 3 is 2.87 bits per heavy atom. The summed E-state index contributed by atoms with van der Waals surface area (Å²) in [5, 5.41) is 4.60. The lowest BCUT2D eigenvalue weighted by atomic mass is 10.1. The van der Waals surface area contributed by atoms with Gasteiger partial charge in [-0.1, -0.05) is 18.2 Å². The molecule has 0 aliphatic heterocycles. The first kappa shape index (κ1) is 10.2. The summed E-state index contributed by atoms with van der Waals surface area (Å²) in [6.45, 7) is 4.55. The predicted molar refractivity (Wildman–Crippen MR) is 63.8 cm³/mol. The van der Waals surface area contributed by atoms with E-state index in [2.05, 4.69) is 41.5 Å². The van der Waals surface area contributed by atoms with E-state index >= 15 is 0 Å². The summed E-state index contributed by atoms with van der Waals surface area (Å²) in [5.74, 6) is 0. The molecule has 0 amide bonds. The first-order valence-electron chi connectivity index (χ1n) is 5.30. The maximum Gasteiger partial charge on any atom is 0.0459 e. The fourth-order valence-corrected chi connectivity index (χ4v) is 1.83. The molecule has 1 aromatic heterocycles. The summed E-state index contributed by atoms with van der Waals surface area (Å²) < 4.78 is 0. The van der Waals surface area contributed by atoms with E-state index < -0.39 is 0 Å². The van der Waals surface area contributed by atoms with Crippen molar-refractivity contribution in [3.8, 4) is 0 Å². The van der Waals surface area contributed by atoms with Crippen LogP contribution >= 0.6 is 0 Å². The largest absolute Gasteiger partial charge is 0.357 e. The van der Waals surface area contributed by atoms with E-state index in [9.17, 15) is 0 Å². The Morgan fingerprint density at radius 2 is 2.13 bits per heavy atom. The van der Waals surface area contributed by atoms with Crippen LogP contribution in [-0.4, -0.2) is 18.1 Å². The first-order valence-corrected chi connectivity index (χ1v) is 5.30. The van der Waals surface area contributed by atoms with E-state index in [1.54, 1.807) is 0 Å². The van der Waals surface area contributed by atoms with Crippen LogP contribution in [0.25, 0.3) is 10.9 Å². The summed E-state index contributed by atoms with van der Waals surface area (Å²) in [7, 11) is 0. The maximum atomic E-state index is 5.43. The van der Waals surface area contributed by atoms with Gasteiger partial charge in [0, 0.05) is 36.2 Å². The highest BCUT2D eigenvalue weighted by molar-refractivity contribution is 5.84. The standard InChI is InChI=1S/C12H17N3/c1-9-10-4-2-3-5-11(10)15-12(9)8-14-7-6-13/h2-5,14-15H,6-8,13H2,1H3. The van der Waals surface area contributed by atoms with E-state index in [1.807, 2.05) is 0 Å². The SMILES string of the molecule is Cc1c(CNCCN)[nH]c2ccccc12. The van der Waals surface area contributed by atoms with Gasteiger partial charge in [0.1, 0.15) is 0 Å².